The Kier molecular flexibility index (Phi) is 4.95. The molecular formula is C20H24N2O3. The summed E-state index contributed by atoms with van der Waals surface area (Å²) in [4.78, 5) is 13.8. The normalized spacial score (nSPS) is 17.4. The highest BCUT2D eigenvalue weighted by Gasteiger charge is 2.20. The smallest absolute Gasteiger partial charge is 0.248 e. The first-order valence-electron chi connectivity index (χ1n) is 8.43. The molecule has 0 spiro atoms. The van der Waals surface area contributed by atoms with Gasteiger partial charge >= 0.3 is 0 Å². The van der Waals surface area contributed by atoms with Gasteiger partial charge in [0.1, 0.15) is 5.75 Å². The molecule has 2 aromatic carbocycles. The van der Waals surface area contributed by atoms with Gasteiger partial charge in [-0.15, -0.1) is 0 Å². The number of nitrogens with two attached hydrogens (primary N) is 1. The van der Waals surface area contributed by atoms with Gasteiger partial charge in [-0.25, -0.2) is 0 Å². The first kappa shape index (κ1) is 17.3. The van der Waals surface area contributed by atoms with Gasteiger partial charge in [0, 0.05) is 30.4 Å². The largest absolute Gasteiger partial charge is 0.496 e. The van der Waals surface area contributed by atoms with Crippen molar-refractivity contribution in [2.45, 2.75) is 26.5 Å². The van der Waals surface area contributed by atoms with E-state index in [1.165, 1.54) is 0 Å². The molecule has 1 amide bonds. The number of fused-ring (bicyclic) bond motifs is 1. The molecule has 1 atom stereocenters. The maximum Gasteiger partial charge on any atom is 0.248 e. The third kappa shape index (κ3) is 3.61. The lowest BCUT2D eigenvalue weighted by molar-refractivity contribution is 0.0672. The van der Waals surface area contributed by atoms with Crippen molar-refractivity contribution in [3.05, 3.63) is 58.7 Å². The Balaban J connectivity index is 1.99. The first-order valence-corrected chi connectivity index (χ1v) is 8.43. The quantitative estimate of drug-likeness (QED) is 0.932. The van der Waals surface area contributed by atoms with Gasteiger partial charge in [0.2, 0.25) is 5.91 Å². The van der Waals surface area contributed by atoms with Crippen molar-refractivity contribution in [3.8, 4) is 5.75 Å². The van der Waals surface area contributed by atoms with Crippen LogP contribution in [0.5, 0.6) is 5.75 Å². The number of carbonyl (C=O) groups excluding carboxylic acids is 1. The summed E-state index contributed by atoms with van der Waals surface area (Å²) in [7, 11) is 1.68. The van der Waals surface area contributed by atoms with Crippen LogP contribution in [-0.4, -0.2) is 26.2 Å². The van der Waals surface area contributed by atoms with E-state index in [4.69, 9.17) is 15.2 Å². The molecule has 1 aliphatic heterocycles. The highest BCUT2D eigenvalue weighted by atomic mass is 16.5. The summed E-state index contributed by atoms with van der Waals surface area (Å²) in [5.74, 6) is 0.446. The number of aryl methyl sites for hydroxylation is 1. The fraction of sp³-hybridized carbons (Fsp3) is 0.350. The van der Waals surface area contributed by atoms with Gasteiger partial charge < -0.3 is 20.1 Å². The molecule has 0 fully saturated rings. The summed E-state index contributed by atoms with van der Waals surface area (Å²) in [5, 5.41) is 0. The Morgan fingerprint density at radius 2 is 2.08 bits per heavy atom. The van der Waals surface area contributed by atoms with Crippen molar-refractivity contribution in [1.29, 1.82) is 0 Å². The predicted molar refractivity (Wildman–Crippen MR) is 98.1 cm³/mol. The van der Waals surface area contributed by atoms with E-state index in [9.17, 15) is 4.79 Å². The minimum atomic E-state index is -0.415. The molecule has 0 saturated carbocycles. The van der Waals surface area contributed by atoms with Gasteiger partial charge in [-0.3, -0.25) is 4.79 Å². The van der Waals surface area contributed by atoms with Crippen molar-refractivity contribution >= 4 is 11.6 Å². The minimum Gasteiger partial charge on any atom is -0.496 e. The molecule has 2 N–H and O–H groups in total. The molecule has 132 valence electrons. The van der Waals surface area contributed by atoms with E-state index in [1.54, 1.807) is 13.2 Å². The van der Waals surface area contributed by atoms with E-state index in [2.05, 4.69) is 17.0 Å². The van der Waals surface area contributed by atoms with Crippen LogP contribution < -0.4 is 15.4 Å². The lowest BCUT2D eigenvalue weighted by Gasteiger charge is -2.31. The van der Waals surface area contributed by atoms with Crippen molar-refractivity contribution in [3.63, 3.8) is 0 Å². The van der Waals surface area contributed by atoms with Crippen LogP contribution in [0.15, 0.2) is 36.4 Å². The summed E-state index contributed by atoms with van der Waals surface area (Å²) in [6.45, 7) is 6.14. The molecular weight excluding hydrogens is 316 g/mol. The van der Waals surface area contributed by atoms with Gasteiger partial charge in [-0.1, -0.05) is 12.1 Å². The molecule has 5 nitrogen and oxygen atoms in total. The summed E-state index contributed by atoms with van der Waals surface area (Å²) in [6, 6.07) is 11.8. The van der Waals surface area contributed by atoms with Crippen LogP contribution in [0.25, 0.3) is 0 Å². The second kappa shape index (κ2) is 7.15. The number of ether oxygens (including phenoxy) is 2. The molecule has 0 aromatic heterocycles. The van der Waals surface area contributed by atoms with Crippen molar-refractivity contribution in [2.75, 3.05) is 25.2 Å². The number of hydrogen-bond donors (Lipinski definition) is 1. The SMILES string of the molecule is COc1cc(N2CCOC(C)c3ccc(C(N)=O)cc3C2)ccc1C. The number of methoxy groups -OCH3 is 1. The summed E-state index contributed by atoms with van der Waals surface area (Å²) in [6.07, 6.45) is -0.00775. The van der Waals surface area contributed by atoms with Gasteiger partial charge in [-0.05, 0) is 48.7 Å². The average molecular weight is 340 g/mol. The van der Waals surface area contributed by atoms with E-state index in [0.717, 1.165) is 34.7 Å². The van der Waals surface area contributed by atoms with E-state index in [-0.39, 0.29) is 6.10 Å². The van der Waals surface area contributed by atoms with Crippen LogP contribution in [0.3, 0.4) is 0 Å². The molecule has 1 aliphatic rings. The molecule has 0 radical (unpaired) electrons. The van der Waals surface area contributed by atoms with Crippen LogP contribution in [0.4, 0.5) is 5.69 Å². The molecule has 2 aromatic rings. The predicted octanol–water partition coefficient (Wildman–Crippen LogP) is 3.20. The first-order chi connectivity index (χ1) is 12.0. The monoisotopic (exact) mass is 340 g/mol. The Hall–Kier alpha value is -2.53. The molecule has 5 heteroatoms. The molecule has 1 unspecified atom stereocenters. The molecule has 0 bridgehead atoms. The van der Waals surface area contributed by atoms with Gasteiger partial charge in [0.05, 0.1) is 19.8 Å². The molecule has 1 heterocycles. The fourth-order valence-corrected chi connectivity index (χ4v) is 3.23. The lowest BCUT2D eigenvalue weighted by atomic mass is 9.98. The van der Waals surface area contributed by atoms with E-state index < -0.39 is 5.91 Å². The summed E-state index contributed by atoms with van der Waals surface area (Å²) in [5.41, 5.74) is 10.3. The number of hydrogen-bond acceptors (Lipinski definition) is 4. The van der Waals surface area contributed by atoms with Crippen LogP contribution in [0.1, 0.15) is 40.1 Å². The van der Waals surface area contributed by atoms with Gasteiger partial charge in [-0.2, -0.15) is 0 Å². The fourth-order valence-electron chi connectivity index (χ4n) is 3.23. The number of nitrogens with zero attached hydrogens (tertiary/aromatic N) is 1. The standard InChI is InChI=1S/C20H24N2O3/c1-13-4-6-17(11-19(13)24-3)22-8-9-25-14(2)18-7-5-15(20(21)23)10-16(18)12-22/h4-7,10-11,14H,8-9,12H2,1-3H3,(H2,21,23). The van der Waals surface area contributed by atoms with Gasteiger partial charge in [0.15, 0.2) is 0 Å². The number of carbonyl (C=O) groups is 1. The minimum absolute atomic E-state index is 0.00775. The second-order valence-electron chi connectivity index (χ2n) is 6.37. The zero-order valence-corrected chi connectivity index (χ0v) is 14.9. The van der Waals surface area contributed by atoms with Crippen molar-refractivity contribution in [1.82, 2.24) is 0 Å². The number of rotatable bonds is 3. The highest BCUT2D eigenvalue weighted by Crippen LogP contribution is 2.30. The van der Waals surface area contributed by atoms with Gasteiger partial charge in [0.25, 0.3) is 0 Å². The molecule has 0 aliphatic carbocycles. The molecule has 3 rings (SSSR count). The maximum atomic E-state index is 11.6. The van der Waals surface area contributed by atoms with Crippen LogP contribution in [-0.2, 0) is 11.3 Å². The van der Waals surface area contributed by atoms with E-state index >= 15 is 0 Å². The number of amides is 1. The maximum absolute atomic E-state index is 11.6. The number of benzene rings is 2. The Morgan fingerprint density at radius 1 is 1.28 bits per heavy atom. The second-order valence-corrected chi connectivity index (χ2v) is 6.37. The molecule has 0 saturated heterocycles. The number of anilines is 1. The van der Waals surface area contributed by atoms with Crippen molar-refractivity contribution in [2.24, 2.45) is 5.73 Å². The topological polar surface area (TPSA) is 64.8 Å². The summed E-state index contributed by atoms with van der Waals surface area (Å²) < 4.78 is 11.4. The average Bonchev–Trinajstić information content (AvgIpc) is 2.59. The Bertz CT molecular complexity index is 789. The third-order valence-electron chi connectivity index (χ3n) is 4.71. The summed E-state index contributed by atoms with van der Waals surface area (Å²) >= 11 is 0. The van der Waals surface area contributed by atoms with E-state index in [0.29, 0.717) is 18.7 Å². The zero-order chi connectivity index (χ0) is 18.0. The van der Waals surface area contributed by atoms with Crippen LogP contribution in [0, 0.1) is 6.92 Å². The molecule has 25 heavy (non-hydrogen) atoms. The Labute approximate surface area is 148 Å². The third-order valence-corrected chi connectivity index (χ3v) is 4.71. The Morgan fingerprint density at radius 3 is 2.80 bits per heavy atom. The highest BCUT2D eigenvalue weighted by molar-refractivity contribution is 5.93. The van der Waals surface area contributed by atoms with E-state index in [1.807, 2.05) is 32.0 Å². The van der Waals surface area contributed by atoms with Crippen molar-refractivity contribution < 1.29 is 14.3 Å². The zero-order valence-electron chi connectivity index (χ0n) is 14.9. The van der Waals surface area contributed by atoms with Crippen LogP contribution in [0.2, 0.25) is 0 Å². The number of primary amides is 1. The lowest BCUT2D eigenvalue weighted by Crippen LogP contribution is -2.30. The van der Waals surface area contributed by atoms with Crippen LogP contribution >= 0.6 is 0 Å².